The fourth-order valence-electron chi connectivity index (χ4n) is 2.84. The van der Waals surface area contributed by atoms with Crippen LogP contribution < -0.4 is 4.74 Å². The van der Waals surface area contributed by atoms with Crippen molar-refractivity contribution in [3.63, 3.8) is 0 Å². The molecule has 158 valence electrons. The number of halogens is 3. The summed E-state index contributed by atoms with van der Waals surface area (Å²) in [6.45, 7) is 0.269. The van der Waals surface area contributed by atoms with Crippen LogP contribution in [0.25, 0.3) is 17.4 Å². The van der Waals surface area contributed by atoms with Gasteiger partial charge in [-0.25, -0.2) is 4.39 Å². The summed E-state index contributed by atoms with van der Waals surface area (Å²) in [5, 5.41) is 0.192. The minimum atomic E-state index is -0.522. The highest BCUT2D eigenvalue weighted by atomic mass is 35.5. The second kappa shape index (κ2) is 9.18. The first-order valence-corrected chi connectivity index (χ1v) is 10.7. The third-order valence-electron chi connectivity index (χ3n) is 4.38. The van der Waals surface area contributed by atoms with E-state index in [1.807, 2.05) is 0 Å². The van der Waals surface area contributed by atoms with Crippen molar-refractivity contribution in [2.45, 2.75) is 0 Å². The number of thioether (sulfide) groups is 1. The molecule has 0 spiro atoms. The standard InChI is InChI=1S/C22H14Cl2FNO4S/c23-14-2-4-15(5-3-14)29-10-9-26-21(27)20(31-22(26)28)12-16-6-8-19(30-16)13-1-7-18(25)17(24)11-13/h1-8,11-12H,9-10H2/b20-12-. The zero-order valence-electron chi connectivity index (χ0n) is 15.8. The van der Waals surface area contributed by atoms with Crippen LogP contribution in [-0.4, -0.2) is 29.2 Å². The summed E-state index contributed by atoms with van der Waals surface area (Å²) in [6, 6.07) is 14.4. The molecule has 3 aromatic rings. The quantitative estimate of drug-likeness (QED) is 0.378. The Bertz CT molecular complexity index is 1180. The number of carbonyl (C=O) groups is 2. The molecule has 4 rings (SSSR count). The van der Waals surface area contributed by atoms with E-state index in [2.05, 4.69) is 0 Å². The van der Waals surface area contributed by atoms with Gasteiger partial charge in [-0.2, -0.15) is 0 Å². The number of furan rings is 1. The van der Waals surface area contributed by atoms with Crippen molar-refractivity contribution >= 4 is 52.2 Å². The number of nitrogens with zero attached hydrogens (tertiary/aromatic N) is 1. The summed E-state index contributed by atoms with van der Waals surface area (Å²) in [4.78, 5) is 26.2. The summed E-state index contributed by atoms with van der Waals surface area (Å²) < 4.78 is 24.6. The van der Waals surface area contributed by atoms with E-state index in [0.717, 1.165) is 16.7 Å². The van der Waals surface area contributed by atoms with Crippen LogP contribution in [-0.2, 0) is 4.79 Å². The molecule has 1 fully saturated rings. The van der Waals surface area contributed by atoms with E-state index in [-0.39, 0.29) is 28.3 Å². The molecule has 0 atom stereocenters. The summed E-state index contributed by atoms with van der Waals surface area (Å²) in [5.74, 6) is 0.501. The van der Waals surface area contributed by atoms with E-state index < -0.39 is 11.7 Å². The number of carbonyl (C=O) groups excluding carboxylic acids is 2. The van der Waals surface area contributed by atoms with Crippen LogP contribution in [0.5, 0.6) is 5.75 Å². The Morgan fingerprint density at radius 2 is 1.84 bits per heavy atom. The minimum Gasteiger partial charge on any atom is -0.492 e. The fourth-order valence-corrected chi connectivity index (χ4v) is 3.99. The lowest BCUT2D eigenvalue weighted by molar-refractivity contribution is -0.123. The van der Waals surface area contributed by atoms with Crippen LogP contribution >= 0.6 is 35.0 Å². The summed E-state index contributed by atoms with van der Waals surface area (Å²) in [5.41, 5.74) is 0.596. The lowest BCUT2D eigenvalue weighted by Crippen LogP contribution is -2.32. The van der Waals surface area contributed by atoms with E-state index in [1.165, 1.54) is 18.2 Å². The summed E-state index contributed by atoms with van der Waals surface area (Å²) >= 11 is 12.5. The van der Waals surface area contributed by atoms with Crippen LogP contribution in [0.15, 0.2) is 63.9 Å². The molecule has 5 nitrogen and oxygen atoms in total. The molecule has 1 aromatic heterocycles. The first-order chi connectivity index (χ1) is 14.9. The van der Waals surface area contributed by atoms with Crippen LogP contribution in [0.3, 0.4) is 0 Å². The van der Waals surface area contributed by atoms with Crippen LogP contribution in [0.4, 0.5) is 9.18 Å². The molecular weight excluding hydrogens is 464 g/mol. The molecule has 0 saturated carbocycles. The summed E-state index contributed by atoms with van der Waals surface area (Å²) in [6.07, 6.45) is 1.50. The van der Waals surface area contributed by atoms with Gasteiger partial charge < -0.3 is 9.15 Å². The fraction of sp³-hybridized carbons (Fsp3) is 0.0909. The molecule has 31 heavy (non-hydrogen) atoms. The van der Waals surface area contributed by atoms with Crippen molar-refractivity contribution in [2.75, 3.05) is 13.2 Å². The SMILES string of the molecule is O=C1S/C(=C\c2ccc(-c3ccc(F)c(Cl)c3)o2)C(=O)N1CCOc1ccc(Cl)cc1. The highest BCUT2D eigenvalue weighted by molar-refractivity contribution is 8.18. The second-order valence-electron chi connectivity index (χ2n) is 6.47. The van der Waals surface area contributed by atoms with Crippen molar-refractivity contribution in [3.8, 4) is 17.1 Å². The topological polar surface area (TPSA) is 59.8 Å². The lowest BCUT2D eigenvalue weighted by atomic mass is 10.2. The van der Waals surface area contributed by atoms with Crippen LogP contribution in [0.1, 0.15) is 5.76 Å². The van der Waals surface area contributed by atoms with Gasteiger partial charge in [0.1, 0.15) is 29.7 Å². The van der Waals surface area contributed by atoms with Gasteiger partial charge in [0.05, 0.1) is 16.5 Å². The van der Waals surface area contributed by atoms with Crippen molar-refractivity contribution < 1.29 is 23.1 Å². The molecule has 0 aliphatic carbocycles. The largest absolute Gasteiger partial charge is 0.492 e. The van der Waals surface area contributed by atoms with Gasteiger partial charge in [-0.15, -0.1) is 0 Å². The maximum Gasteiger partial charge on any atom is 0.293 e. The first-order valence-electron chi connectivity index (χ1n) is 9.10. The Balaban J connectivity index is 1.41. The third-order valence-corrected chi connectivity index (χ3v) is 5.82. The zero-order valence-corrected chi connectivity index (χ0v) is 18.1. The van der Waals surface area contributed by atoms with E-state index in [0.29, 0.717) is 27.9 Å². The molecular formula is C22H14Cl2FNO4S. The van der Waals surface area contributed by atoms with Crippen molar-refractivity contribution in [1.82, 2.24) is 4.90 Å². The Hall–Kier alpha value is -2.74. The number of imide groups is 1. The Kier molecular flexibility index (Phi) is 6.36. The van der Waals surface area contributed by atoms with Gasteiger partial charge in [0.25, 0.3) is 11.1 Å². The Morgan fingerprint density at radius 3 is 2.58 bits per heavy atom. The van der Waals surface area contributed by atoms with Crippen molar-refractivity contribution in [2.24, 2.45) is 0 Å². The summed E-state index contributed by atoms with van der Waals surface area (Å²) in [7, 11) is 0. The minimum absolute atomic E-state index is 0.0163. The van der Waals surface area contributed by atoms with Gasteiger partial charge >= 0.3 is 0 Å². The van der Waals surface area contributed by atoms with Crippen LogP contribution in [0, 0.1) is 5.82 Å². The number of amides is 2. The number of hydrogen-bond donors (Lipinski definition) is 0. The molecule has 0 unspecified atom stereocenters. The van der Waals surface area contributed by atoms with Gasteiger partial charge in [0.2, 0.25) is 0 Å². The van der Waals surface area contributed by atoms with E-state index >= 15 is 0 Å². The maximum absolute atomic E-state index is 13.3. The second-order valence-corrected chi connectivity index (χ2v) is 8.30. The Labute approximate surface area is 191 Å². The first kappa shape index (κ1) is 21.5. The number of rotatable bonds is 6. The van der Waals surface area contributed by atoms with Gasteiger partial charge in [0, 0.05) is 16.7 Å². The highest BCUT2D eigenvalue weighted by Crippen LogP contribution is 2.33. The Morgan fingerprint density at radius 1 is 1.06 bits per heavy atom. The van der Waals surface area contributed by atoms with E-state index in [1.54, 1.807) is 42.5 Å². The number of benzene rings is 2. The number of hydrogen-bond acceptors (Lipinski definition) is 5. The normalized spacial score (nSPS) is 15.2. The molecule has 0 radical (unpaired) electrons. The van der Waals surface area contributed by atoms with Gasteiger partial charge in [-0.3, -0.25) is 14.5 Å². The molecule has 2 heterocycles. The molecule has 2 amide bonds. The van der Waals surface area contributed by atoms with Crippen LogP contribution in [0.2, 0.25) is 10.0 Å². The zero-order chi connectivity index (χ0) is 22.0. The van der Waals surface area contributed by atoms with E-state index in [4.69, 9.17) is 32.4 Å². The predicted molar refractivity (Wildman–Crippen MR) is 119 cm³/mol. The molecule has 1 saturated heterocycles. The maximum atomic E-state index is 13.3. The average molecular weight is 478 g/mol. The van der Waals surface area contributed by atoms with Gasteiger partial charge in [-0.05, 0) is 66.4 Å². The lowest BCUT2D eigenvalue weighted by Gasteiger charge is -2.13. The van der Waals surface area contributed by atoms with Gasteiger partial charge in [0.15, 0.2) is 0 Å². The monoisotopic (exact) mass is 477 g/mol. The van der Waals surface area contributed by atoms with Crippen molar-refractivity contribution in [1.29, 1.82) is 0 Å². The molecule has 0 N–H and O–H groups in total. The molecule has 9 heteroatoms. The average Bonchev–Trinajstić information content (AvgIpc) is 3.31. The van der Waals surface area contributed by atoms with Crippen molar-refractivity contribution in [3.05, 3.63) is 81.1 Å². The molecule has 1 aliphatic rings. The predicted octanol–water partition coefficient (Wildman–Crippen LogP) is 6.51. The smallest absolute Gasteiger partial charge is 0.293 e. The molecule has 0 bridgehead atoms. The highest BCUT2D eigenvalue weighted by Gasteiger charge is 2.35. The molecule has 1 aliphatic heterocycles. The third kappa shape index (κ3) is 4.95. The van der Waals surface area contributed by atoms with E-state index in [9.17, 15) is 14.0 Å². The number of ether oxygens (including phenoxy) is 1. The van der Waals surface area contributed by atoms with Gasteiger partial charge in [-0.1, -0.05) is 23.2 Å². The molecule has 2 aromatic carbocycles.